The maximum atomic E-state index is 4.73. The number of rotatable bonds is 6. The van der Waals surface area contributed by atoms with Gasteiger partial charge in [-0.3, -0.25) is 0 Å². The molecule has 0 saturated heterocycles. The highest BCUT2D eigenvalue weighted by atomic mass is 15.1. The van der Waals surface area contributed by atoms with E-state index in [0.717, 1.165) is 17.1 Å². The number of anilines is 2. The molecule has 3 aromatic rings. The fourth-order valence-electron chi connectivity index (χ4n) is 3.41. The standard InChI is InChI=1S/C22H24N4/c1-3-9-17(10-4-1)16-23-22-25-20(18-11-5-2-6-12-18)15-21(26-22)24-19-13-7-8-14-19/h1-6,9-12,15,19H,7-8,13-14,16H2,(H2,23,24,25,26). The third-order valence-corrected chi connectivity index (χ3v) is 4.80. The van der Waals surface area contributed by atoms with E-state index in [1.165, 1.54) is 31.2 Å². The van der Waals surface area contributed by atoms with Gasteiger partial charge in [0.15, 0.2) is 0 Å². The van der Waals surface area contributed by atoms with Crippen LogP contribution in [0.15, 0.2) is 66.7 Å². The van der Waals surface area contributed by atoms with Gasteiger partial charge in [0.1, 0.15) is 5.82 Å². The molecule has 0 unspecified atom stereocenters. The van der Waals surface area contributed by atoms with Crippen molar-refractivity contribution in [2.45, 2.75) is 38.3 Å². The van der Waals surface area contributed by atoms with Gasteiger partial charge in [0.25, 0.3) is 0 Å². The summed E-state index contributed by atoms with van der Waals surface area (Å²) in [6, 6.07) is 23.2. The molecule has 2 aromatic carbocycles. The highest BCUT2D eigenvalue weighted by molar-refractivity contribution is 5.64. The summed E-state index contributed by atoms with van der Waals surface area (Å²) in [5.41, 5.74) is 3.26. The number of hydrogen-bond acceptors (Lipinski definition) is 4. The summed E-state index contributed by atoms with van der Waals surface area (Å²) < 4.78 is 0. The molecule has 0 radical (unpaired) electrons. The van der Waals surface area contributed by atoms with Gasteiger partial charge in [-0.15, -0.1) is 0 Å². The predicted molar refractivity (Wildman–Crippen MR) is 107 cm³/mol. The first-order chi connectivity index (χ1) is 12.9. The molecule has 132 valence electrons. The first kappa shape index (κ1) is 16.6. The van der Waals surface area contributed by atoms with Crippen molar-refractivity contribution in [3.63, 3.8) is 0 Å². The van der Waals surface area contributed by atoms with Crippen LogP contribution in [0.1, 0.15) is 31.2 Å². The molecule has 4 rings (SSSR count). The van der Waals surface area contributed by atoms with Gasteiger partial charge in [-0.05, 0) is 18.4 Å². The molecule has 0 bridgehead atoms. The first-order valence-electron chi connectivity index (χ1n) is 9.36. The zero-order valence-electron chi connectivity index (χ0n) is 14.9. The molecule has 1 aromatic heterocycles. The Labute approximate surface area is 154 Å². The van der Waals surface area contributed by atoms with Crippen molar-refractivity contribution < 1.29 is 0 Å². The quantitative estimate of drug-likeness (QED) is 0.652. The average molecular weight is 344 g/mol. The van der Waals surface area contributed by atoms with Gasteiger partial charge in [0.05, 0.1) is 5.69 Å². The van der Waals surface area contributed by atoms with E-state index in [2.05, 4.69) is 41.0 Å². The van der Waals surface area contributed by atoms with E-state index >= 15 is 0 Å². The Morgan fingerprint density at radius 1 is 0.846 bits per heavy atom. The second kappa shape index (κ2) is 8.00. The topological polar surface area (TPSA) is 49.8 Å². The maximum absolute atomic E-state index is 4.73. The van der Waals surface area contributed by atoms with Crippen LogP contribution in [-0.4, -0.2) is 16.0 Å². The minimum Gasteiger partial charge on any atom is -0.367 e. The van der Waals surface area contributed by atoms with Crippen molar-refractivity contribution in [3.05, 3.63) is 72.3 Å². The molecule has 0 spiro atoms. The fraction of sp³-hybridized carbons (Fsp3) is 0.273. The molecule has 0 amide bonds. The van der Waals surface area contributed by atoms with E-state index < -0.39 is 0 Å². The van der Waals surface area contributed by atoms with Crippen LogP contribution < -0.4 is 10.6 Å². The summed E-state index contributed by atoms with van der Waals surface area (Å²) in [6.07, 6.45) is 5.04. The van der Waals surface area contributed by atoms with Crippen LogP contribution in [0.5, 0.6) is 0 Å². The van der Waals surface area contributed by atoms with Crippen LogP contribution in [0.4, 0.5) is 11.8 Å². The van der Waals surface area contributed by atoms with Crippen molar-refractivity contribution in [1.82, 2.24) is 9.97 Å². The van der Waals surface area contributed by atoms with Crippen LogP contribution in [0.3, 0.4) is 0 Å². The van der Waals surface area contributed by atoms with Crippen molar-refractivity contribution in [1.29, 1.82) is 0 Å². The molecule has 26 heavy (non-hydrogen) atoms. The van der Waals surface area contributed by atoms with E-state index in [0.29, 0.717) is 18.5 Å². The summed E-state index contributed by atoms with van der Waals surface area (Å²) in [4.78, 5) is 9.44. The SMILES string of the molecule is c1ccc(CNc2nc(NC3CCCC3)cc(-c3ccccc3)n2)cc1. The van der Waals surface area contributed by atoms with Crippen LogP contribution in [0, 0.1) is 0 Å². The van der Waals surface area contributed by atoms with E-state index in [4.69, 9.17) is 9.97 Å². The lowest BCUT2D eigenvalue weighted by molar-refractivity contribution is 0.750. The van der Waals surface area contributed by atoms with Crippen LogP contribution >= 0.6 is 0 Å². The molecule has 1 fully saturated rings. The largest absolute Gasteiger partial charge is 0.367 e. The second-order valence-corrected chi connectivity index (χ2v) is 6.79. The molecular weight excluding hydrogens is 320 g/mol. The number of nitrogens with zero attached hydrogens (tertiary/aromatic N) is 2. The lowest BCUT2D eigenvalue weighted by Gasteiger charge is -2.15. The van der Waals surface area contributed by atoms with Gasteiger partial charge in [-0.1, -0.05) is 73.5 Å². The van der Waals surface area contributed by atoms with E-state index in [1.54, 1.807) is 0 Å². The Morgan fingerprint density at radius 2 is 1.54 bits per heavy atom. The molecule has 1 aliphatic rings. The van der Waals surface area contributed by atoms with Gasteiger partial charge in [-0.25, -0.2) is 4.98 Å². The smallest absolute Gasteiger partial charge is 0.225 e. The lowest BCUT2D eigenvalue weighted by atomic mass is 10.1. The summed E-state index contributed by atoms with van der Waals surface area (Å²) in [5, 5.41) is 6.97. The van der Waals surface area contributed by atoms with Crippen molar-refractivity contribution >= 4 is 11.8 Å². The normalized spacial score (nSPS) is 14.3. The predicted octanol–water partition coefficient (Wildman–Crippen LogP) is 5.11. The molecule has 1 aliphatic carbocycles. The molecule has 0 atom stereocenters. The van der Waals surface area contributed by atoms with E-state index in [9.17, 15) is 0 Å². The Bertz CT molecular complexity index is 827. The van der Waals surface area contributed by atoms with Gasteiger partial charge < -0.3 is 10.6 Å². The molecule has 4 nitrogen and oxygen atoms in total. The number of nitrogens with one attached hydrogen (secondary N) is 2. The molecular formula is C22H24N4. The van der Waals surface area contributed by atoms with E-state index in [1.807, 2.05) is 36.4 Å². The maximum Gasteiger partial charge on any atom is 0.225 e. The van der Waals surface area contributed by atoms with Gasteiger partial charge in [-0.2, -0.15) is 4.98 Å². The molecule has 0 aliphatic heterocycles. The monoisotopic (exact) mass is 344 g/mol. The fourth-order valence-corrected chi connectivity index (χ4v) is 3.41. The van der Waals surface area contributed by atoms with Crippen LogP contribution in [0.2, 0.25) is 0 Å². The average Bonchev–Trinajstić information content (AvgIpc) is 3.21. The lowest BCUT2D eigenvalue weighted by Crippen LogP contribution is -2.16. The summed E-state index contributed by atoms with van der Waals surface area (Å²) in [7, 11) is 0. The third-order valence-electron chi connectivity index (χ3n) is 4.80. The Balaban J connectivity index is 1.58. The van der Waals surface area contributed by atoms with Gasteiger partial charge >= 0.3 is 0 Å². The minimum atomic E-state index is 0.524. The van der Waals surface area contributed by atoms with E-state index in [-0.39, 0.29) is 0 Å². The van der Waals surface area contributed by atoms with Gasteiger partial charge in [0, 0.05) is 24.2 Å². The molecule has 1 heterocycles. The van der Waals surface area contributed by atoms with Crippen LogP contribution in [-0.2, 0) is 6.54 Å². The first-order valence-corrected chi connectivity index (χ1v) is 9.36. The van der Waals surface area contributed by atoms with Crippen molar-refractivity contribution in [3.8, 4) is 11.3 Å². The van der Waals surface area contributed by atoms with Crippen LogP contribution in [0.25, 0.3) is 11.3 Å². The minimum absolute atomic E-state index is 0.524. The summed E-state index contributed by atoms with van der Waals surface area (Å²) in [5.74, 6) is 1.57. The number of aromatic nitrogens is 2. The number of benzene rings is 2. The Morgan fingerprint density at radius 3 is 2.27 bits per heavy atom. The Hall–Kier alpha value is -2.88. The summed E-state index contributed by atoms with van der Waals surface area (Å²) >= 11 is 0. The number of hydrogen-bond donors (Lipinski definition) is 2. The highest BCUT2D eigenvalue weighted by Gasteiger charge is 2.16. The second-order valence-electron chi connectivity index (χ2n) is 6.79. The zero-order valence-corrected chi connectivity index (χ0v) is 14.9. The van der Waals surface area contributed by atoms with Crippen molar-refractivity contribution in [2.75, 3.05) is 10.6 Å². The Kier molecular flexibility index (Phi) is 5.10. The van der Waals surface area contributed by atoms with Gasteiger partial charge in [0.2, 0.25) is 5.95 Å². The zero-order chi connectivity index (χ0) is 17.6. The highest BCUT2D eigenvalue weighted by Crippen LogP contribution is 2.25. The molecule has 4 heteroatoms. The molecule has 2 N–H and O–H groups in total. The molecule has 1 saturated carbocycles. The third kappa shape index (κ3) is 4.20. The van der Waals surface area contributed by atoms with Crippen molar-refractivity contribution in [2.24, 2.45) is 0 Å². The summed E-state index contributed by atoms with van der Waals surface area (Å²) in [6.45, 7) is 0.710.